The van der Waals surface area contributed by atoms with Crippen molar-refractivity contribution in [2.75, 3.05) is 13.6 Å². The summed E-state index contributed by atoms with van der Waals surface area (Å²) in [5.41, 5.74) is 1.40. The molecule has 0 saturated heterocycles. The number of hydrogen-bond donors (Lipinski definition) is 1. The second-order valence-corrected chi connectivity index (χ2v) is 4.36. The van der Waals surface area contributed by atoms with Crippen molar-refractivity contribution in [3.63, 3.8) is 0 Å². The van der Waals surface area contributed by atoms with E-state index in [2.05, 4.69) is 27.3 Å². The Morgan fingerprint density at radius 1 is 1.69 bits per heavy atom. The van der Waals surface area contributed by atoms with E-state index in [0.717, 1.165) is 17.6 Å². The van der Waals surface area contributed by atoms with Crippen LogP contribution in [-0.2, 0) is 6.42 Å². The minimum absolute atomic E-state index is 0.642. The number of hydrogen-bond acceptors (Lipinski definition) is 2. The van der Waals surface area contributed by atoms with Gasteiger partial charge in [0.25, 0.3) is 0 Å². The van der Waals surface area contributed by atoms with Gasteiger partial charge in [-0.05, 0) is 53.4 Å². The maximum atomic E-state index is 5.57. The van der Waals surface area contributed by atoms with Crippen molar-refractivity contribution in [1.29, 1.82) is 0 Å². The van der Waals surface area contributed by atoms with E-state index in [0.29, 0.717) is 5.92 Å². The molecule has 3 heteroatoms. The van der Waals surface area contributed by atoms with Crippen LogP contribution in [-0.4, -0.2) is 13.6 Å². The van der Waals surface area contributed by atoms with Crippen LogP contribution in [0.5, 0.6) is 0 Å². The molecule has 2 nitrogen and oxygen atoms in total. The Morgan fingerprint density at radius 2 is 2.54 bits per heavy atom. The van der Waals surface area contributed by atoms with E-state index in [1.54, 1.807) is 0 Å². The lowest BCUT2D eigenvalue weighted by atomic mass is 9.87. The van der Waals surface area contributed by atoms with Gasteiger partial charge >= 0.3 is 0 Å². The molecule has 1 heterocycles. The summed E-state index contributed by atoms with van der Waals surface area (Å²) in [6.07, 6.45) is 3.63. The maximum Gasteiger partial charge on any atom is 0.169 e. The SMILES string of the molecule is CNCC1CCCc2oc(Br)cc21. The molecule has 1 aromatic heterocycles. The number of rotatable bonds is 2. The van der Waals surface area contributed by atoms with Gasteiger partial charge in [-0.1, -0.05) is 0 Å². The van der Waals surface area contributed by atoms with E-state index >= 15 is 0 Å². The van der Waals surface area contributed by atoms with Crippen LogP contribution in [0.15, 0.2) is 15.2 Å². The number of nitrogens with one attached hydrogen (secondary N) is 1. The van der Waals surface area contributed by atoms with Crippen molar-refractivity contribution in [1.82, 2.24) is 5.32 Å². The van der Waals surface area contributed by atoms with Gasteiger partial charge in [0.2, 0.25) is 0 Å². The van der Waals surface area contributed by atoms with E-state index in [1.807, 2.05) is 7.05 Å². The molecule has 0 aliphatic heterocycles. The highest BCUT2D eigenvalue weighted by atomic mass is 79.9. The molecule has 13 heavy (non-hydrogen) atoms. The Hall–Kier alpha value is -0.280. The third-order valence-electron chi connectivity index (χ3n) is 2.66. The summed E-state index contributed by atoms with van der Waals surface area (Å²) in [4.78, 5) is 0. The fourth-order valence-electron chi connectivity index (χ4n) is 2.07. The zero-order valence-electron chi connectivity index (χ0n) is 7.77. The van der Waals surface area contributed by atoms with Crippen LogP contribution in [0.2, 0.25) is 0 Å². The van der Waals surface area contributed by atoms with Gasteiger partial charge in [0, 0.05) is 13.0 Å². The molecule has 0 fully saturated rings. The van der Waals surface area contributed by atoms with E-state index in [4.69, 9.17) is 4.42 Å². The van der Waals surface area contributed by atoms with Crippen LogP contribution in [0.3, 0.4) is 0 Å². The minimum Gasteiger partial charge on any atom is -0.454 e. The van der Waals surface area contributed by atoms with Gasteiger partial charge in [-0.15, -0.1) is 0 Å². The summed E-state index contributed by atoms with van der Waals surface area (Å²) in [6.45, 7) is 1.05. The molecule has 0 radical (unpaired) electrons. The van der Waals surface area contributed by atoms with Crippen LogP contribution in [0.4, 0.5) is 0 Å². The molecule has 72 valence electrons. The van der Waals surface area contributed by atoms with Crippen molar-refractivity contribution in [3.8, 4) is 0 Å². The van der Waals surface area contributed by atoms with E-state index in [-0.39, 0.29) is 0 Å². The quantitative estimate of drug-likeness (QED) is 0.865. The first-order valence-electron chi connectivity index (χ1n) is 4.74. The fraction of sp³-hybridized carbons (Fsp3) is 0.600. The van der Waals surface area contributed by atoms with Crippen molar-refractivity contribution in [2.24, 2.45) is 0 Å². The van der Waals surface area contributed by atoms with E-state index in [1.165, 1.54) is 24.2 Å². The minimum atomic E-state index is 0.642. The summed E-state index contributed by atoms with van der Waals surface area (Å²) in [7, 11) is 2.00. The van der Waals surface area contributed by atoms with Gasteiger partial charge in [-0.3, -0.25) is 0 Å². The average molecular weight is 244 g/mol. The summed E-state index contributed by atoms with van der Waals surface area (Å²) in [5, 5.41) is 3.23. The maximum absolute atomic E-state index is 5.57. The van der Waals surface area contributed by atoms with Gasteiger partial charge in [-0.25, -0.2) is 0 Å². The second kappa shape index (κ2) is 3.84. The standard InChI is InChI=1S/C10H14BrNO/c1-12-6-7-3-2-4-9-8(7)5-10(11)13-9/h5,7,12H,2-4,6H2,1H3. The third kappa shape index (κ3) is 1.81. The smallest absolute Gasteiger partial charge is 0.169 e. The first kappa shape index (κ1) is 9.28. The largest absolute Gasteiger partial charge is 0.454 e. The predicted molar refractivity (Wildman–Crippen MR) is 56.0 cm³/mol. The van der Waals surface area contributed by atoms with Crippen LogP contribution in [0, 0.1) is 0 Å². The Kier molecular flexibility index (Phi) is 2.74. The summed E-state index contributed by atoms with van der Waals surface area (Å²) in [6, 6.07) is 2.12. The van der Waals surface area contributed by atoms with Gasteiger partial charge < -0.3 is 9.73 Å². The topological polar surface area (TPSA) is 25.2 Å². The molecule has 0 amide bonds. The second-order valence-electron chi connectivity index (χ2n) is 3.58. The van der Waals surface area contributed by atoms with Gasteiger partial charge in [-0.2, -0.15) is 0 Å². The fourth-order valence-corrected chi connectivity index (χ4v) is 2.51. The molecular formula is C10H14BrNO. The van der Waals surface area contributed by atoms with Crippen molar-refractivity contribution in [3.05, 3.63) is 22.1 Å². The highest BCUT2D eigenvalue weighted by molar-refractivity contribution is 9.10. The molecule has 1 aliphatic rings. The molecule has 1 aliphatic carbocycles. The Morgan fingerprint density at radius 3 is 3.31 bits per heavy atom. The van der Waals surface area contributed by atoms with Crippen LogP contribution in [0.1, 0.15) is 30.1 Å². The Labute approximate surface area is 86.8 Å². The number of fused-ring (bicyclic) bond motifs is 1. The monoisotopic (exact) mass is 243 g/mol. The van der Waals surface area contributed by atoms with Crippen LogP contribution < -0.4 is 5.32 Å². The van der Waals surface area contributed by atoms with Crippen molar-refractivity contribution < 1.29 is 4.42 Å². The lowest BCUT2D eigenvalue weighted by Crippen LogP contribution is -2.20. The van der Waals surface area contributed by atoms with Crippen LogP contribution in [0.25, 0.3) is 0 Å². The molecule has 0 aromatic carbocycles. The molecular weight excluding hydrogens is 230 g/mol. The number of halogens is 1. The highest BCUT2D eigenvalue weighted by Crippen LogP contribution is 2.34. The molecule has 1 unspecified atom stereocenters. The molecule has 1 aromatic rings. The molecule has 1 atom stereocenters. The lowest BCUT2D eigenvalue weighted by molar-refractivity contribution is 0.433. The number of likely N-dealkylation sites (N-methyl/N-ethyl adjacent to an activating group) is 1. The first-order chi connectivity index (χ1) is 6.31. The Balaban J connectivity index is 2.25. The number of aryl methyl sites for hydroxylation is 1. The summed E-state index contributed by atoms with van der Waals surface area (Å²) < 4.78 is 6.45. The first-order valence-corrected chi connectivity index (χ1v) is 5.53. The Bertz CT molecular complexity index is 295. The summed E-state index contributed by atoms with van der Waals surface area (Å²) in [5.74, 6) is 1.82. The summed E-state index contributed by atoms with van der Waals surface area (Å²) >= 11 is 3.38. The molecule has 0 spiro atoms. The average Bonchev–Trinajstić information content (AvgIpc) is 2.47. The molecule has 1 N–H and O–H groups in total. The normalized spacial score (nSPS) is 21.5. The van der Waals surface area contributed by atoms with Gasteiger partial charge in [0.15, 0.2) is 4.67 Å². The third-order valence-corrected chi connectivity index (χ3v) is 3.05. The molecule has 0 saturated carbocycles. The van der Waals surface area contributed by atoms with Crippen LogP contribution >= 0.6 is 15.9 Å². The van der Waals surface area contributed by atoms with E-state index < -0.39 is 0 Å². The zero-order valence-corrected chi connectivity index (χ0v) is 9.36. The number of furan rings is 1. The highest BCUT2D eigenvalue weighted by Gasteiger charge is 2.23. The molecule has 2 rings (SSSR count). The lowest BCUT2D eigenvalue weighted by Gasteiger charge is -2.20. The zero-order chi connectivity index (χ0) is 9.26. The predicted octanol–water partition coefficient (Wildman–Crippen LogP) is 2.68. The van der Waals surface area contributed by atoms with Crippen molar-refractivity contribution >= 4 is 15.9 Å². The molecule has 0 bridgehead atoms. The van der Waals surface area contributed by atoms with E-state index in [9.17, 15) is 0 Å². The van der Waals surface area contributed by atoms with Gasteiger partial charge in [0.05, 0.1) is 0 Å². The van der Waals surface area contributed by atoms with Crippen molar-refractivity contribution in [2.45, 2.75) is 25.2 Å². The van der Waals surface area contributed by atoms with Gasteiger partial charge in [0.1, 0.15) is 5.76 Å².